The summed E-state index contributed by atoms with van der Waals surface area (Å²) >= 11 is 1.81. The number of anilines is 1. The molecule has 13 heavy (non-hydrogen) atoms. The van der Waals surface area contributed by atoms with Crippen LogP contribution in [-0.2, 0) is 0 Å². The van der Waals surface area contributed by atoms with Gasteiger partial charge in [0.2, 0.25) is 0 Å². The Morgan fingerprint density at radius 1 is 1.46 bits per heavy atom. The van der Waals surface area contributed by atoms with E-state index in [1.165, 1.54) is 5.71 Å². The van der Waals surface area contributed by atoms with Gasteiger partial charge in [0.25, 0.3) is 0 Å². The molecule has 1 N–H and O–H groups in total. The second-order valence-corrected chi connectivity index (χ2v) is 3.85. The van der Waals surface area contributed by atoms with Gasteiger partial charge in [-0.05, 0) is 18.4 Å². The molecule has 3 heteroatoms. The normalized spacial score (nSPS) is 14.4. The highest BCUT2D eigenvalue weighted by Crippen LogP contribution is 2.27. The summed E-state index contributed by atoms with van der Waals surface area (Å²) in [6, 6.07) is 8.16. The molecule has 0 saturated heterocycles. The van der Waals surface area contributed by atoms with Crippen LogP contribution in [0.1, 0.15) is 0 Å². The van der Waals surface area contributed by atoms with Gasteiger partial charge < -0.3 is 5.32 Å². The first-order chi connectivity index (χ1) is 6.40. The molecule has 0 radical (unpaired) electrons. The highest BCUT2D eigenvalue weighted by Gasteiger charge is 2.08. The second kappa shape index (κ2) is 3.83. The van der Waals surface area contributed by atoms with E-state index in [1.54, 1.807) is 0 Å². The maximum atomic E-state index is 4.57. The van der Waals surface area contributed by atoms with E-state index >= 15 is 0 Å². The molecular formula is C10H12N2S. The van der Waals surface area contributed by atoms with E-state index in [0.29, 0.717) is 0 Å². The van der Waals surface area contributed by atoms with E-state index < -0.39 is 0 Å². The SMILES string of the molecule is CSCC1=Nc2ccccc2NC1. The lowest BCUT2D eigenvalue weighted by Gasteiger charge is -2.16. The van der Waals surface area contributed by atoms with Crippen molar-refractivity contribution in [3.8, 4) is 0 Å². The number of nitrogens with zero attached hydrogens (tertiary/aromatic N) is 1. The van der Waals surface area contributed by atoms with E-state index in [0.717, 1.165) is 23.7 Å². The van der Waals surface area contributed by atoms with Crippen LogP contribution in [0.5, 0.6) is 0 Å². The Morgan fingerprint density at radius 3 is 3.15 bits per heavy atom. The van der Waals surface area contributed by atoms with Gasteiger partial charge in [-0.1, -0.05) is 12.1 Å². The van der Waals surface area contributed by atoms with Crippen LogP contribution in [0.15, 0.2) is 29.3 Å². The molecule has 0 bridgehead atoms. The highest BCUT2D eigenvalue weighted by molar-refractivity contribution is 7.99. The molecule has 0 aliphatic carbocycles. The number of hydrogen-bond acceptors (Lipinski definition) is 3. The summed E-state index contributed by atoms with van der Waals surface area (Å²) in [5.74, 6) is 1.02. The van der Waals surface area contributed by atoms with Gasteiger partial charge in [0.05, 0.1) is 17.9 Å². The van der Waals surface area contributed by atoms with Gasteiger partial charge in [0, 0.05) is 11.5 Å². The average Bonchev–Trinajstić information content (AvgIpc) is 2.18. The van der Waals surface area contributed by atoms with Gasteiger partial charge in [-0.25, -0.2) is 0 Å². The molecule has 1 aliphatic heterocycles. The number of benzene rings is 1. The summed E-state index contributed by atoms with van der Waals surface area (Å²) in [6.45, 7) is 0.887. The smallest absolute Gasteiger partial charge is 0.0861 e. The van der Waals surface area contributed by atoms with E-state index in [4.69, 9.17) is 0 Å². The average molecular weight is 192 g/mol. The molecule has 2 nitrogen and oxygen atoms in total. The van der Waals surface area contributed by atoms with E-state index in [2.05, 4.69) is 22.6 Å². The Labute approximate surface area is 82.5 Å². The Bertz CT molecular complexity index is 333. The summed E-state index contributed by atoms with van der Waals surface area (Å²) in [5.41, 5.74) is 3.44. The molecule has 0 spiro atoms. The minimum Gasteiger partial charge on any atom is -0.378 e. The van der Waals surface area contributed by atoms with Crippen molar-refractivity contribution in [2.45, 2.75) is 0 Å². The van der Waals surface area contributed by atoms with Crippen LogP contribution in [0.3, 0.4) is 0 Å². The van der Waals surface area contributed by atoms with E-state index in [9.17, 15) is 0 Å². The van der Waals surface area contributed by atoms with Crippen LogP contribution in [0.2, 0.25) is 0 Å². The monoisotopic (exact) mass is 192 g/mol. The number of thioether (sulfide) groups is 1. The van der Waals surface area contributed by atoms with Crippen LogP contribution >= 0.6 is 11.8 Å². The van der Waals surface area contributed by atoms with Crippen molar-refractivity contribution in [2.24, 2.45) is 4.99 Å². The Balaban J connectivity index is 2.28. The van der Waals surface area contributed by atoms with Crippen molar-refractivity contribution >= 4 is 28.8 Å². The lowest BCUT2D eigenvalue weighted by Crippen LogP contribution is -2.19. The van der Waals surface area contributed by atoms with Crippen molar-refractivity contribution in [3.05, 3.63) is 24.3 Å². The lowest BCUT2D eigenvalue weighted by atomic mass is 10.2. The number of nitrogens with one attached hydrogen (secondary N) is 1. The fourth-order valence-electron chi connectivity index (χ4n) is 1.38. The topological polar surface area (TPSA) is 24.4 Å². The van der Waals surface area contributed by atoms with Crippen LogP contribution in [0, 0.1) is 0 Å². The third-order valence-corrected chi connectivity index (χ3v) is 2.60. The minimum absolute atomic E-state index is 0.887. The molecule has 1 aromatic rings. The third-order valence-electron chi connectivity index (χ3n) is 1.98. The largest absolute Gasteiger partial charge is 0.378 e. The maximum absolute atomic E-state index is 4.57. The Kier molecular flexibility index (Phi) is 2.54. The van der Waals surface area contributed by atoms with Crippen molar-refractivity contribution in [1.82, 2.24) is 0 Å². The number of fused-ring (bicyclic) bond motifs is 1. The van der Waals surface area contributed by atoms with Crippen molar-refractivity contribution in [2.75, 3.05) is 23.9 Å². The first-order valence-corrected chi connectivity index (χ1v) is 5.68. The highest BCUT2D eigenvalue weighted by atomic mass is 32.2. The molecule has 0 aromatic heterocycles. The van der Waals surface area contributed by atoms with Crippen molar-refractivity contribution in [3.63, 3.8) is 0 Å². The van der Waals surface area contributed by atoms with Gasteiger partial charge in [0.1, 0.15) is 0 Å². The van der Waals surface area contributed by atoms with Gasteiger partial charge >= 0.3 is 0 Å². The van der Waals surface area contributed by atoms with Crippen LogP contribution in [-0.4, -0.2) is 24.3 Å². The molecular weight excluding hydrogens is 180 g/mol. The lowest BCUT2D eigenvalue weighted by molar-refractivity contribution is 1.29. The summed E-state index contributed by atoms with van der Waals surface area (Å²) in [6.07, 6.45) is 2.10. The molecule has 2 rings (SSSR count). The fourth-order valence-corrected chi connectivity index (χ4v) is 1.88. The number of hydrogen-bond donors (Lipinski definition) is 1. The molecule has 0 amide bonds. The zero-order valence-electron chi connectivity index (χ0n) is 7.58. The molecule has 1 aliphatic rings. The van der Waals surface area contributed by atoms with E-state index in [-0.39, 0.29) is 0 Å². The van der Waals surface area contributed by atoms with Gasteiger partial charge in [-0.2, -0.15) is 11.8 Å². The first-order valence-electron chi connectivity index (χ1n) is 4.28. The molecule has 1 heterocycles. The first kappa shape index (κ1) is 8.63. The van der Waals surface area contributed by atoms with Gasteiger partial charge in [0.15, 0.2) is 0 Å². The molecule has 0 atom stereocenters. The maximum Gasteiger partial charge on any atom is 0.0861 e. The van der Waals surface area contributed by atoms with E-state index in [1.807, 2.05) is 30.0 Å². The predicted octanol–water partition coefficient (Wildman–Crippen LogP) is 2.55. The van der Waals surface area contributed by atoms with Crippen LogP contribution < -0.4 is 5.32 Å². The van der Waals surface area contributed by atoms with Crippen LogP contribution in [0.4, 0.5) is 11.4 Å². The van der Waals surface area contributed by atoms with Crippen LogP contribution in [0.25, 0.3) is 0 Å². The summed E-state index contributed by atoms with van der Waals surface area (Å²) in [4.78, 5) is 4.57. The summed E-state index contributed by atoms with van der Waals surface area (Å²) in [5, 5.41) is 3.35. The molecule has 1 aromatic carbocycles. The quantitative estimate of drug-likeness (QED) is 0.778. The van der Waals surface area contributed by atoms with Crippen molar-refractivity contribution in [1.29, 1.82) is 0 Å². The molecule has 0 unspecified atom stereocenters. The minimum atomic E-state index is 0.887. The predicted molar refractivity (Wildman–Crippen MR) is 60.4 cm³/mol. The second-order valence-electron chi connectivity index (χ2n) is 2.98. The zero-order valence-corrected chi connectivity index (χ0v) is 8.40. The summed E-state index contributed by atoms with van der Waals surface area (Å²) in [7, 11) is 0. The number of para-hydroxylation sites is 2. The van der Waals surface area contributed by atoms with Gasteiger partial charge in [-0.3, -0.25) is 4.99 Å². The third kappa shape index (κ3) is 1.86. The van der Waals surface area contributed by atoms with Gasteiger partial charge in [-0.15, -0.1) is 0 Å². The van der Waals surface area contributed by atoms with Crippen molar-refractivity contribution < 1.29 is 0 Å². The Hall–Kier alpha value is -0.960. The molecule has 68 valence electrons. The zero-order chi connectivity index (χ0) is 9.10. The number of aliphatic imine (C=N–C) groups is 1. The summed E-state index contributed by atoms with van der Waals surface area (Å²) < 4.78 is 0. The molecule has 0 saturated carbocycles. The number of rotatable bonds is 2. The molecule has 0 fully saturated rings. The fraction of sp³-hybridized carbons (Fsp3) is 0.300. The Morgan fingerprint density at radius 2 is 2.31 bits per heavy atom. The standard InChI is InChI=1S/C10H12N2S/c1-13-7-8-6-11-9-4-2-3-5-10(9)12-8/h2-5,11H,6-7H2,1H3.